The summed E-state index contributed by atoms with van der Waals surface area (Å²) in [5.41, 5.74) is 1.98. The first-order valence-corrected chi connectivity index (χ1v) is 6.88. The zero-order valence-corrected chi connectivity index (χ0v) is 11.7. The Morgan fingerprint density at radius 1 is 1.11 bits per heavy atom. The number of hydrogen-bond acceptors (Lipinski definition) is 1. The summed E-state index contributed by atoms with van der Waals surface area (Å²) >= 11 is 5.90. The molecule has 1 unspecified atom stereocenters. The average Bonchev–Trinajstić information content (AvgIpc) is 2.45. The minimum absolute atomic E-state index is 0.158. The summed E-state index contributed by atoms with van der Waals surface area (Å²) in [5, 5.41) is 0.613. The predicted molar refractivity (Wildman–Crippen MR) is 79.9 cm³/mol. The molecule has 0 aliphatic rings. The van der Waals surface area contributed by atoms with Crippen molar-refractivity contribution in [1.82, 2.24) is 0 Å². The summed E-state index contributed by atoms with van der Waals surface area (Å²) in [4.78, 5) is 12.1. The summed E-state index contributed by atoms with van der Waals surface area (Å²) in [6.07, 6.45) is 1.41. The SMILES string of the molecule is CC(CCC(=O)c1cccc(Cl)c1)c1ccccc1. The maximum Gasteiger partial charge on any atom is 0.162 e. The molecule has 1 nitrogen and oxygen atoms in total. The van der Waals surface area contributed by atoms with Crippen molar-refractivity contribution in [3.8, 4) is 0 Å². The van der Waals surface area contributed by atoms with Gasteiger partial charge in [-0.25, -0.2) is 0 Å². The molecule has 2 aromatic rings. The molecule has 0 saturated heterocycles. The smallest absolute Gasteiger partial charge is 0.162 e. The van der Waals surface area contributed by atoms with Gasteiger partial charge in [0, 0.05) is 17.0 Å². The summed E-state index contributed by atoms with van der Waals surface area (Å²) < 4.78 is 0. The number of hydrogen-bond donors (Lipinski definition) is 0. The molecule has 0 aliphatic carbocycles. The second-order valence-corrected chi connectivity index (χ2v) is 5.22. The van der Waals surface area contributed by atoms with Gasteiger partial charge in [-0.05, 0) is 30.0 Å². The molecule has 0 N–H and O–H groups in total. The minimum atomic E-state index is 0.158. The van der Waals surface area contributed by atoms with Gasteiger partial charge in [0.15, 0.2) is 5.78 Å². The molecule has 0 heterocycles. The Hall–Kier alpha value is -1.60. The van der Waals surface area contributed by atoms with Gasteiger partial charge in [-0.3, -0.25) is 4.79 Å². The third kappa shape index (κ3) is 3.93. The average molecular weight is 273 g/mol. The minimum Gasteiger partial charge on any atom is -0.294 e. The highest BCUT2D eigenvalue weighted by Crippen LogP contribution is 2.22. The van der Waals surface area contributed by atoms with Crippen LogP contribution in [0.1, 0.15) is 41.6 Å². The van der Waals surface area contributed by atoms with Crippen LogP contribution in [-0.2, 0) is 0 Å². The number of benzene rings is 2. The van der Waals surface area contributed by atoms with E-state index in [1.54, 1.807) is 12.1 Å². The summed E-state index contributed by atoms with van der Waals surface area (Å²) in [5.74, 6) is 0.551. The third-order valence-corrected chi connectivity index (χ3v) is 3.55. The predicted octanol–water partition coefficient (Wildman–Crippen LogP) is 5.11. The lowest BCUT2D eigenvalue weighted by Gasteiger charge is -2.11. The van der Waals surface area contributed by atoms with E-state index in [0.29, 0.717) is 22.9 Å². The van der Waals surface area contributed by atoms with Crippen LogP contribution in [0.15, 0.2) is 54.6 Å². The molecule has 19 heavy (non-hydrogen) atoms. The Kier molecular flexibility index (Phi) is 4.75. The van der Waals surface area contributed by atoms with E-state index < -0.39 is 0 Å². The van der Waals surface area contributed by atoms with Crippen molar-refractivity contribution >= 4 is 17.4 Å². The Morgan fingerprint density at radius 2 is 1.84 bits per heavy atom. The number of carbonyl (C=O) groups excluding carboxylic acids is 1. The van der Waals surface area contributed by atoms with Gasteiger partial charge < -0.3 is 0 Å². The highest BCUT2D eigenvalue weighted by molar-refractivity contribution is 6.31. The Labute approximate surface area is 119 Å². The quantitative estimate of drug-likeness (QED) is 0.692. The molecule has 0 aromatic heterocycles. The summed E-state index contributed by atoms with van der Waals surface area (Å²) in [6.45, 7) is 2.15. The van der Waals surface area contributed by atoms with Crippen molar-refractivity contribution in [2.45, 2.75) is 25.7 Å². The maximum absolute atomic E-state index is 12.1. The first-order chi connectivity index (χ1) is 9.16. The zero-order valence-electron chi connectivity index (χ0n) is 11.0. The molecule has 2 aromatic carbocycles. The zero-order chi connectivity index (χ0) is 13.7. The lowest BCUT2D eigenvalue weighted by molar-refractivity contribution is 0.0978. The lowest BCUT2D eigenvalue weighted by atomic mass is 9.94. The highest BCUT2D eigenvalue weighted by atomic mass is 35.5. The first kappa shape index (κ1) is 13.8. The molecule has 0 bridgehead atoms. The van der Waals surface area contributed by atoms with Crippen LogP contribution in [0.2, 0.25) is 5.02 Å². The van der Waals surface area contributed by atoms with E-state index in [-0.39, 0.29) is 5.78 Å². The Balaban J connectivity index is 1.94. The summed E-state index contributed by atoms with van der Waals surface area (Å²) in [7, 11) is 0. The van der Waals surface area contributed by atoms with Gasteiger partial charge in [-0.2, -0.15) is 0 Å². The largest absolute Gasteiger partial charge is 0.294 e. The molecule has 2 heteroatoms. The van der Waals surface area contributed by atoms with E-state index >= 15 is 0 Å². The van der Waals surface area contributed by atoms with Gasteiger partial charge in [0.05, 0.1) is 0 Å². The van der Waals surface area contributed by atoms with Crippen LogP contribution in [0.25, 0.3) is 0 Å². The third-order valence-electron chi connectivity index (χ3n) is 3.32. The normalized spacial score (nSPS) is 12.1. The molecule has 0 spiro atoms. The van der Waals surface area contributed by atoms with Gasteiger partial charge in [-0.1, -0.05) is 61.0 Å². The fraction of sp³-hybridized carbons (Fsp3) is 0.235. The van der Waals surface area contributed by atoms with Gasteiger partial charge in [-0.15, -0.1) is 0 Å². The molecule has 2 rings (SSSR count). The molecule has 98 valence electrons. The van der Waals surface area contributed by atoms with Crippen molar-refractivity contribution in [3.63, 3.8) is 0 Å². The van der Waals surface area contributed by atoms with Crippen molar-refractivity contribution < 1.29 is 4.79 Å². The lowest BCUT2D eigenvalue weighted by Crippen LogP contribution is -2.02. The number of halogens is 1. The molecule has 1 atom stereocenters. The molecular weight excluding hydrogens is 256 g/mol. The Morgan fingerprint density at radius 3 is 2.53 bits per heavy atom. The number of ketones is 1. The number of Topliss-reactive ketones (excluding diaryl/α,β-unsaturated/α-hetero) is 1. The standard InChI is InChI=1S/C17H17ClO/c1-13(14-6-3-2-4-7-14)10-11-17(19)15-8-5-9-16(18)12-15/h2-9,12-13H,10-11H2,1H3. The fourth-order valence-corrected chi connectivity index (χ4v) is 2.29. The summed E-state index contributed by atoms with van der Waals surface area (Å²) in [6, 6.07) is 17.4. The second-order valence-electron chi connectivity index (χ2n) is 4.78. The van der Waals surface area contributed by atoms with Crippen LogP contribution in [0.5, 0.6) is 0 Å². The molecule has 0 radical (unpaired) electrons. The van der Waals surface area contributed by atoms with Gasteiger partial charge in [0.1, 0.15) is 0 Å². The van der Waals surface area contributed by atoms with Gasteiger partial charge in [0.2, 0.25) is 0 Å². The molecule has 0 amide bonds. The molecular formula is C17H17ClO. The van der Waals surface area contributed by atoms with Crippen LogP contribution in [0.4, 0.5) is 0 Å². The topological polar surface area (TPSA) is 17.1 Å². The van der Waals surface area contributed by atoms with Crippen LogP contribution in [0, 0.1) is 0 Å². The molecule has 0 fully saturated rings. The second kappa shape index (κ2) is 6.53. The van der Waals surface area contributed by atoms with E-state index in [0.717, 1.165) is 6.42 Å². The van der Waals surface area contributed by atoms with E-state index in [9.17, 15) is 4.79 Å². The van der Waals surface area contributed by atoms with Crippen molar-refractivity contribution in [2.75, 3.05) is 0 Å². The van der Waals surface area contributed by atoms with E-state index in [4.69, 9.17) is 11.6 Å². The highest BCUT2D eigenvalue weighted by Gasteiger charge is 2.10. The molecule has 0 aliphatic heterocycles. The van der Waals surface area contributed by atoms with Crippen LogP contribution < -0.4 is 0 Å². The van der Waals surface area contributed by atoms with Crippen LogP contribution >= 0.6 is 11.6 Å². The van der Waals surface area contributed by atoms with Crippen LogP contribution in [-0.4, -0.2) is 5.78 Å². The maximum atomic E-state index is 12.1. The van der Waals surface area contributed by atoms with Crippen LogP contribution in [0.3, 0.4) is 0 Å². The van der Waals surface area contributed by atoms with E-state index in [2.05, 4.69) is 19.1 Å². The van der Waals surface area contributed by atoms with E-state index in [1.807, 2.05) is 30.3 Å². The van der Waals surface area contributed by atoms with Crippen molar-refractivity contribution in [2.24, 2.45) is 0 Å². The van der Waals surface area contributed by atoms with Gasteiger partial charge >= 0.3 is 0 Å². The van der Waals surface area contributed by atoms with Crippen molar-refractivity contribution in [1.29, 1.82) is 0 Å². The van der Waals surface area contributed by atoms with Crippen molar-refractivity contribution in [3.05, 3.63) is 70.7 Å². The number of carbonyl (C=O) groups is 1. The Bertz CT molecular complexity index is 548. The van der Waals surface area contributed by atoms with Gasteiger partial charge in [0.25, 0.3) is 0 Å². The monoisotopic (exact) mass is 272 g/mol. The molecule has 0 saturated carbocycles. The number of rotatable bonds is 5. The van der Waals surface area contributed by atoms with E-state index in [1.165, 1.54) is 5.56 Å². The fourth-order valence-electron chi connectivity index (χ4n) is 2.10. The first-order valence-electron chi connectivity index (χ1n) is 6.50.